The van der Waals surface area contributed by atoms with Crippen LogP contribution in [-0.4, -0.2) is 15.0 Å². The maximum Gasteiger partial charge on any atom is 0.221 e. The van der Waals surface area contributed by atoms with Gasteiger partial charge in [-0.2, -0.15) is 24.1 Å². The second-order valence-corrected chi connectivity index (χ2v) is 6.41. The number of hydrogen-bond donors (Lipinski definition) is 1. The molecule has 0 bridgehead atoms. The van der Waals surface area contributed by atoms with E-state index in [1.165, 1.54) is 11.5 Å². The predicted octanol–water partition coefficient (Wildman–Crippen LogP) is 4.69. The summed E-state index contributed by atoms with van der Waals surface area (Å²) in [5, 5.41) is 0.941. The molecule has 1 aromatic carbocycles. The summed E-state index contributed by atoms with van der Waals surface area (Å²) in [6.07, 6.45) is 12.1. The molecule has 1 aliphatic carbocycles. The average molecular weight is 601 g/mol. The molecule has 2 aromatic heterocycles. The van der Waals surface area contributed by atoms with E-state index in [0.717, 1.165) is 33.4 Å². The minimum atomic E-state index is 0. The zero-order valence-electron chi connectivity index (χ0n) is 15.0. The van der Waals surface area contributed by atoms with Crippen LogP contribution in [0.3, 0.4) is 0 Å². The molecule has 0 amide bonds. The van der Waals surface area contributed by atoms with E-state index in [4.69, 9.17) is 5.73 Å². The molecule has 0 unspecified atom stereocenters. The number of aryl methyl sites for hydroxylation is 1. The van der Waals surface area contributed by atoms with Gasteiger partial charge in [0.25, 0.3) is 0 Å². The molecule has 4 rings (SSSR count). The van der Waals surface area contributed by atoms with Crippen LogP contribution in [0.25, 0.3) is 27.7 Å². The van der Waals surface area contributed by atoms with Crippen LogP contribution in [0, 0.1) is 12.8 Å². The molecule has 0 saturated carbocycles. The summed E-state index contributed by atoms with van der Waals surface area (Å²) in [6, 6.07) is 10.2. The van der Waals surface area contributed by atoms with Crippen molar-refractivity contribution in [3.63, 3.8) is 0 Å². The van der Waals surface area contributed by atoms with Gasteiger partial charge in [-0.15, -0.1) is 12.2 Å². The first kappa shape index (κ1) is 17.4. The fourth-order valence-electron chi connectivity index (χ4n) is 3.01. The van der Waals surface area contributed by atoms with E-state index < -0.39 is 0 Å². The number of rotatable bonds is 2. The fourth-order valence-corrected chi connectivity index (χ4v) is 3.01. The van der Waals surface area contributed by atoms with Crippen LogP contribution in [0.5, 0.6) is 0 Å². The van der Waals surface area contributed by atoms with Crippen molar-refractivity contribution in [2.75, 3.05) is 5.73 Å². The molecule has 5 heteroatoms. The van der Waals surface area contributed by atoms with E-state index in [9.17, 15) is 0 Å². The van der Waals surface area contributed by atoms with Crippen molar-refractivity contribution in [1.82, 2.24) is 15.0 Å². The normalized spacial score (nSPS) is 13.3. The number of benzene rings is 1. The zero-order valence-corrected chi connectivity index (χ0v) is 17.2. The van der Waals surface area contributed by atoms with Crippen molar-refractivity contribution < 1.29 is 0 Å². The van der Waals surface area contributed by atoms with Crippen molar-refractivity contribution in [3.8, 4) is 11.3 Å². The number of allylic oxidation sites excluding steroid dienone is 6. The van der Waals surface area contributed by atoms with Gasteiger partial charge in [0, 0.05) is 17.1 Å². The Morgan fingerprint density at radius 3 is 2.52 bits per heavy atom. The van der Waals surface area contributed by atoms with Crippen LogP contribution in [0.1, 0.15) is 18.2 Å². The van der Waals surface area contributed by atoms with Crippen molar-refractivity contribution in [3.05, 3.63) is 84.1 Å². The predicted molar refractivity (Wildman–Crippen MR) is 107 cm³/mol. The molecular weight excluding hydrogens is 582 g/mol. The van der Waals surface area contributed by atoms with E-state index in [0.29, 0.717) is 0 Å². The minimum absolute atomic E-state index is 0. The van der Waals surface area contributed by atoms with Gasteiger partial charge in [-0.05, 0) is 13.0 Å². The Bertz CT molecular complexity index is 1070. The number of anilines is 1. The molecule has 3 aromatic rings. The fraction of sp³-hybridized carbons (Fsp3) is 0.0909. The molecule has 1 aliphatic rings. The number of fused-ring (bicyclic) bond motifs is 1. The molecule has 0 saturated heterocycles. The average Bonchev–Trinajstić information content (AvgIpc) is 2.86. The largest absolute Gasteiger partial charge is 0.368 e. The molecule has 0 spiro atoms. The summed E-state index contributed by atoms with van der Waals surface area (Å²) in [5.41, 5.74) is 11.6. The third kappa shape index (κ3) is 3.24. The minimum Gasteiger partial charge on any atom is -0.368 e. The van der Waals surface area contributed by atoms with Gasteiger partial charge in [0.15, 0.2) is 0 Å². The molecule has 1 radical (unpaired) electrons. The summed E-state index contributed by atoms with van der Waals surface area (Å²) >= 11 is 0. The van der Waals surface area contributed by atoms with E-state index in [2.05, 4.69) is 71.3 Å². The van der Waals surface area contributed by atoms with Gasteiger partial charge < -0.3 is 5.73 Å². The van der Waals surface area contributed by atoms with Gasteiger partial charge in [-0.25, -0.2) is 9.97 Å². The Labute approximate surface area is 152 Å². The Morgan fingerprint density at radius 2 is 1.74 bits per heavy atom. The standard InChI is InChI=1S/C22H19N4.Lr/c1-14-4-3-5-16(9-6-14)20-21-18(12-13-24-20)19(25-22(23)26-21)17-10-7-15(2)8-11-17;/h3-13H,1-2H3,(H2,23,25,26);/q-1;. The van der Waals surface area contributed by atoms with Gasteiger partial charge in [-0.1, -0.05) is 42.3 Å². The van der Waals surface area contributed by atoms with Gasteiger partial charge in [0.1, 0.15) is 5.52 Å². The van der Waals surface area contributed by atoms with Gasteiger partial charge in [-0.3, -0.25) is 4.98 Å². The summed E-state index contributed by atoms with van der Waals surface area (Å²) in [4.78, 5) is 13.6. The molecule has 27 heavy (non-hydrogen) atoms. The van der Waals surface area contributed by atoms with E-state index in [1.54, 1.807) is 6.20 Å². The molecule has 4 nitrogen and oxygen atoms in total. The number of pyridine rings is 1. The summed E-state index contributed by atoms with van der Waals surface area (Å²) in [5.74, 6) is 1.43. The Morgan fingerprint density at radius 1 is 0.963 bits per heavy atom. The summed E-state index contributed by atoms with van der Waals surface area (Å²) in [6.45, 7) is 4.13. The van der Waals surface area contributed by atoms with Crippen LogP contribution in [-0.2, 0) is 0 Å². The first-order chi connectivity index (χ1) is 12.6. The number of hydrogen-bond acceptors (Lipinski definition) is 4. The van der Waals surface area contributed by atoms with Gasteiger partial charge in [0.2, 0.25) is 5.95 Å². The summed E-state index contributed by atoms with van der Waals surface area (Å²) < 4.78 is 0. The Kier molecular flexibility index (Phi) is 4.42. The molecule has 143 valence electrons. The smallest absolute Gasteiger partial charge is 0.221 e. The van der Waals surface area contributed by atoms with Crippen molar-refractivity contribution in [1.29, 1.82) is 0 Å². The topological polar surface area (TPSA) is 64.7 Å². The maximum absolute atomic E-state index is 6.04. The third-order valence-electron chi connectivity index (χ3n) is 4.39. The van der Waals surface area contributed by atoms with Crippen LogP contribution < -0.4 is 5.73 Å². The van der Waals surface area contributed by atoms with E-state index in [1.807, 2.05) is 18.2 Å². The van der Waals surface area contributed by atoms with Crippen molar-refractivity contribution in [2.45, 2.75) is 13.8 Å². The van der Waals surface area contributed by atoms with Crippen LogP contribution in [0.2, 0.25) is 0 Å². The van der Waals surface area contributed by atoms with Crippen LogP contribution in [0.4, 0.5) is 5.95 Å². The quantitative estimate of drug-likeness (QED) is 0.434. The van der Waals surface area contributed by atoms with E-state index >= 15 is 0 Å². The summed E-state index contributed by atoms with van der Waals surface area (Å²) in [7, 11) is 0. The monoisotopic (exact) mass is 601 g/mol. The first-order valence-corrected chi connectivity index (χ1v) is 8.51. The number of aromatic nitrogens is 3. The molecular formula is C22H19LrN4-. The number of nitrogens with two attached hydrogens (primary N) is 1. The van der Waals surface area contributed by atoms with Crippen molar-refractivity contribution in [2.24, 2.45) is 0 Å². The zero-order chi connectivity index (χ0) is 18.1. The van der Waals surface area contributed by atoms with Crippen LogP contribution >= 0.6 is 0 Å². The molecule has 2 N–H and O–H groups in total. The van der Waals surface area contributed by atoms with Crippen LogP contribution in [0.15, 0.2) is 66.9 Å². The second kappa shape index (κ2) is 6.84. The molecule has 2 heterocycles. The third-order valence-corrected chi connectivity index (χ3v) is 4.39. The molecule has 0 fully saturated rings. The Balaban J connectivity index is 0.00000210. The number of nitrogen functional groups attached to an aromatic ring is 1. The maximum atomic E-state index is 6.04. The SMILES string of the molecule is Cc1ccc(-c2nc(N)nc3c(C4=CC=C[C-](C)C=C4)nccc23)cc1.[Lr]. The first-order valence-electron chi connectivity index (χ1n) is 8.51. The number of nitrogens with zero attached hydrogens (tertiary/aromatic N) is 3. The second-order valence-electron chi connectivity index (χ2n) is 6.41. The molecule has 0 aliphatic heterocycles. The molecule has 0 atom stereocenters. The van der Waals surface area contributed by atoms with Gasteiger partial charge >= 0.3 is 0 Å². The Hall–Kier alpha value is -4.40. The van der Waals surface area contributed by atoms with Gasteiger partial charge in [0.05, 0.1) is 11.4 Å². The van der Waals surface area contributed by atoms with E-state index in [-0.39, 0.29) is 5.95 Å². The van der Waals surface area contributed by atoms with Crippen molar-refractivity contribution >= 4 is 22.4 Å².